The van der Waals surface area contributed by atoms with Gasteiger partial charge in [-0.25, -0.2) is 0 Å². The van der Waals surface area contributed by atoms with Crippen LogP contribution < -0.4 is 0 Å². The van der Waals surface area contributed by atoms with Crippen LogP contribution in [-0.4, -0.2) is 6.21 Å². The number of nitrogens with zero attached hydrogens (tertiary/aromatic N) is 1. The maximum absolute atomic E-state index is 4.43. The van der Waals surface area contributed by atoms with Gasteiger partial charge in [0, 0.05) is 17.8 Å². The zero-order chi connectivity index (χ0) is 11.3. The van der Waals surface area contributed by atoms with Crippen molar-refractivity contribution in [3.8, 4) is 0 Å². The molecule has 1 aliphatic carbocycles. The molecule has 0 bridgehead atoms. The summed E-state index contributed by atoms with van der Waals surface area (Å²) < 4.78 is 0. The van der Waals surface area contributed by atoms with E-state index < -0.39 is 0 Å². The molecule has 0 aromatic carbocycles. The van der Waals surface area contributed by atoms with E-state index in [0.717, 1.165) is 5.70 Å². The van der Waals surface area contributed by atoms with Gasteiger partial charge in [0.1, 0.15) is 0 Å². The van der Waals surface area contributed by atoms with Crippen LogP contribution >= 0.6 is 0 Å². The molecule has 1 heteroatoms. The van der Waals surface area contributed by atoms with E-state index in [4.69, 9.17) is 0 Å². The van der Waals surface area contributed by atoms with E-state index in [0.29, 0.717) is 11.8 Å². The molecular formula is C14H23N. The van der Waals surface area contributed by atoms with E-state index in [9.17, 15) is 0 Å². The predicted molar refractivity (Wildman–Crippen MR) is 68.2 cm³/mol. The van der Waals surface area contributed by atoms with E-state index in [2.05, 4.69) is 38.4 Å². The van der Waals surface area contributed by atoms with Crippen molar-refractivity contribution in [2.24, 2.45) is 16.8 Å². The zero-order valence-corrected chi connectivity index (χ0v) is 10.3. The van der Waals surface area contributed by atoms with Crippen molar-refractivity contribution in [1.29, 1.82) is 0 Å². The lowest BCUT2D eigenvalue weighted by molar-refractivity contribution is 0.639. The SMILES string of the molecule is C=C(N=C/C=C(\C)C(C)C)C1CCCC1. The Balaban J connectivity index is 2.43. The summed E-state index contributed by atoms with van der Waals surface area (Å²) in [6.45, 7) is 10.6. The van der Waals surface area contributed by atoms with Gasteiger partial charge in [0.15, 0.2) is 0 Å². The van der Waals surface area contributed by atoms with Crippen molar-refractivity contribution < 1.29 is 0 Å². The van der Waals surface area contributed by atoms with Crippen LogP contribution in [0.15, 0.2) is 28.9 Å². The van der Waals surface area contributed by atoms with Gasteiger partial charge in [0.2, 0.25) is 0 Å². The third-order valence-corrected chi connectivity index (χ3v) is 3.31. The molecule has 1 nitrogen and oxygen atoms in total. The van der Waals surface area contributed by atoms with E-state index >= 15 is 0 Å². The van der Waals surface area contributed by atoms with Gasteiger partial charge in [-0.15, -0.1) is 0 Å². The highest BCUT2D eigenvalue weighted by atomic mass is 14.7. The summed E-state index contributed by atoms with van der Waals surface area (Å²) in [5.74, 6) is 1.25. The van der Waals surface area contributed by atoms with Gasteiger partial charge < -0.3 is 0 Å². The van der Waals surface area contributed by atoms with Crippen molar-refractivity contribution in [1.82, 2.24) is 0 Å². The van der Waals surface area contributed by atoms with E-state index in [-0.39, 0.29) is 0 Å². The minimum absolute atomic E-state index is 0.608. The molecule has 0 radical (unpaired) electrons. The Hall–Kier alpha value is -0.850. The minimum atomic E-state index is 0.608. The molecule has 0 spiro atoms. The molecule has 0 N–H and O–H groups in total. The lowest BCUT2D eigenvalue weighted by Crippen LogP contribution is -1.95. The fourth-order valence-corrected chi connectivity index (χ4v) is 1.81. The molecule has 0 saturated heterocycles. The van der Waals surface area contributed by atoms with Crippen LogP contribution in [0.3, 0.4) is 0 Å². The van der Waals surface area contributed by atoms with Crippen LogP contribution in [0.4, 0.5) is 0 Å². The van der Waals surface area contributed by atoms with Gasteiger partial charge in [-0.3, -0.25) is 4.99 Å². The van der Waals surface area contributed by atoms with Crippen LogP contribution in [0, 0.1) is 11.8 Å². The second-order valence-corrected chi connectivity index (χ2v) is 4.82. The van der Waals surface area contributed by atoms with Crippen LogP contribution in [0.2, 0.25) is 0 Å². The van der Waals surface area contributed by atoms with Gasteiger partial charge in [0.05, 0.1) is 0 Å². The third-order valence-electron chi connectivity index (χ3n) is 3.31. The van der Waals surface area contributed by atoms with Crippen molar-refractivity contribution in [3.63, 3.8) is 0 Å². The lowest BCUT2D eigenvalue weighted by Gasteiger charge is -2.07. The summed E-state index contributed by atoms with van der Waals surface area (Å²) in [4.78, 5) is 4.43. The molecule has 0 aromatic rings. The first-order chi connectivity index (χ1) is 7.11. The summed E-state index contributed by atoms with van der Waals surface area (Å²) in [7, 11) is 0. The minimum Gasteiger partial charge on any atom is -0.262 e. The molecule has 0 unspecified atom stereocenters. The molecule has 84 valence electrons. The first-order valence-corrected chi connectivity index (χ1v) is 6.01. The van der Waals surface area contributed by atoms with Crippen molar-refractivity contribution in [3.05, 3.63) is 23.9 Å². The summed E-state index contributed by atoms with van der Waals surface area (Å²) in [5, 5.41) is 0. The quantitative estimate of drug-likeness (QED) is 0.605. The monoisotopic (exact) mass is 205 g/mol. The Morgan fingerprint density at radius 2 is 1.93 bits per heavy atom. The fourth-order valence-electron chi connectivity index (χ4n) is 1.81. The van der Waals surface area contributed by atoms with Gasteiger partial charge in [-0.05, 0) is 31.8 Å². The largest absolute Gasteiger partial charge is 0.262 e. The molecule has 15 heavy (non-hydrogen) atoms. The second-order valence-electron chi connectivity index (χ2n) is 4.82. The summed E-state index contributed by atoms with van der Waals surface area (Å²) in [6.07, 6.45) is 9.27. The van der Waals surface area contributed by atoms with Crippen LogP contribution in [0.1, 0.15) is 46.5 Å². The summed E-state index contributed by atoms with van der Waals surface area (Å²) >= 11 is 0. The zero-order valence-electron chi connectivity index (χ0n) is 10.3. The fraction of sp³-hybridized carbons (Fsp3) is 0.643. The molecule has 1 aliphatic rings. The van der Waals surface area contributed by atoms with Crippen molar-refractivity contribution >= 4 is 6.21 Å². The average Bonchev–Trinajstić information content (AvgIpc) is 2.70. The average molecular weight is 205 g/mol. The number of aliphatic imine (C=N–C) groups is 1. The Bertz CT molecular complexity index is 265. The lowest BCUT2D eigenvalue weighted by atomic mass is 10.1. The first kappa shape index (κ1) is 12.2. The van der Waals surface area contributed by atoms with E-state index in [1.54, 1.807) is 0 Å². The highest BCUT2D eigenvalue weighted by Crippen LogP contribution is 2.30. The molecule has 0 atom stereocenters. The summed E-state index contributed by atoms with van der Waals surface area (Å²) in [6, 6.07) is 0. The van der Waals surface area contributed by atoms with E-state index in [1.165, 1.54) is 31.3 Å². The Labute approximate surface area is 94.0 Å². The third kappa shape index (κ3) is 4.03. The number of rotatable bonds is 4. The van der Waals surface area contributed by atoms with Crippen molar-refractivity contribution in [2.45, 2.75) is 46.5 Å². The molecule has 0 heterocycles. The molecule has 1 fully saturated rings. The first-order valence-electron chi connectivity index (χ1n) is 6.01. The van der Waals surface area contributed by atoms with Gasteiger partial charge in [-0.2, -0.15) is 0 Å². The number of hydrogen-bond acceptors (Lipinski definition) is 1. The standard InChI is InChI=1S/C14H23N/c1-11(2)12(3)9-10-15-13(4)14-7-5-6-8-14/h9-11,14H,4-8H2,1-3H3/b12-9+,15-10?. The number of allylic oxidation sites excluding steroid dienone is 3. The van der Waals surface area contributed by atoms with Crippen LogP contribution in [-0.2, 0) is 0 Å². The highest BCUT2D eigenvalue weighted by molar-refractivity contribution is 5.73. The Kier molecular flexibility index (Phi) is 4.80. The maximum atomic E-state index is 4.43. The topological polar surface area (TPSA) is 12.4 Å². The van der Waals surface area contributed by atoms with Crippen LogP contribution in [0.25, 0.3) is 0 Å². The van der Waals surface area contributed by atoms with Gasteiger partial charge in [-0.1, -0.05) is 38.8 Å². The number of hydrogen-bond donors (Lipinski definition) is 0. The Morgan fingerprint density at radius 3 is 2.47 bits per heavy atom. The smallest absolute Gasteiger partial charge is 0.0362 e. The van der Waals surface area contributed by atoms with E-state index in [1.807, 2.05) is 6.21 Å². The molecule has 1 rings (SSSR count). The van der Waals surface area contributed by atoms with Gasteiger partial charge in [0.25, 0.3) is 0 Å². The molecule has 0 aliphatic heterocycles. The second kappa shape index (κ2) is 5.89. The van der Waals surface area contributed by atoms with Crippen LogP contribution in [0.5, 0.6) is 0 Å². The highest BCUT2D eigenvalue weighted by Gasteiger charge is 2.16. The molecule has 1 saturated carbocycles. The molecular weight excluding hydrogens is 182 g/mol. The Morgan fingerprint density at radius 1 is 1.33 bits per heavy atom. The predicted octanol–water partition coefficient (Wildman–Crippen LogP) is 4.36. The normalized spacial score (nSPS) is 19.3. The molecule has 0 amide bonds. The molecule has 0 aromatic heterocycles. The summed E-state index contributed by atoms with van der Waals surface area (Å²) in [5.41, 5.74) is 2.44. The van der Waals surface area contributed by atoms with Crippen molar-refractivity contribution in [2.75, 3.05) is 0 Å². The maximum Gasteiger partial charge on any atom is 0.0362 e. The van der Waals surface area contributed by atoms with Gasteiger partial charge >= 0.3 is 0 Å².